The topological polar surface area (TPSA) is 80.1 Å². The minimum absolute atomic E-state index is 0.00206. The van der Waals surface area contributed by atoms with Crippen molar-refractivity contribution in [2.24, 2.45) is 5.92 Å². The normalized spacial score (nSPS) is 15.6. The Morgan fingerprint density at radius 3 is 2.47 bits per heavy atom. The highest BCUT2D eigenvalue weighted by atomic mass is 16.2. The number of amides is 2. The summed E-state index contributed by atoms with van der Waals surface area (Å²) in [5.74, 6) is -0.0580. The minimum Gasteiger partial charge on any atom is -0.349 e. The SMILES string of the molecule is CC(NC(=O)C1CCN(C(=O)c2ccncc2)CC1)c1ccccc1-n1cccn1. The van der Waals surface area contributed by atoms with Gasteiger partial charge in [-0.2, -0.15) is 5.10 Å². The number of para-hydroxylation sites is 1. The van der Waals surface area contributed by atoms with Gasteiger partial charge < -0.3 is 10.2 Å². The second-order valence-electron chi connectivity index (χ2n) is 7.54. The fourth-order valence-electron chi connectivity index (χ4n) is 3.90. The second-order valence-corrected chi connectivity index (χ2v) is 7.54. The number of nitrogens with zero attached hydrogens (tertiary/aromatic N) is 4. The highest BCUT2D eigenvalue weighted by Crippen LogP contribution is 2.24. The van der Waals surface area contributed by atoms with Gasteiger partial charge in [0.1, 0.15) is 0 Å². The highest BCUT2D eigenvalue weighted by molar-refractivity contribution is 5.94. The molecule has 3 heterocycles. The lowest BCUT2D eigenvalue weighted by Gasteiger charge is -2.32. The Morgan fingerprint density at radius 1 is 1.03 bits per heavy atom. The van der Waals surface area contributed by atoms with Crippen molar-refractivity contribution < 1.29 is 9.59 Å². The maximum Gasteiger partial charge on any atom is 0.253 e. The van der Waals surface area contributed by atoms with Gasteiger partial charge in [-0.1, -0.05) is 18.2 Å². The average Bonchev–Trinajstić information content (AvgIpc) is 3.34. The molecule has 3 aromatic rings. The van der Waals surface area contributed by atoms with E-state index < -0.39 is 0 Å². The number of hydrogen-bond donors (Lipinski definition) is 1. The smallest absolute Gasteiger partial charge is 0.253 e. The summed E-state index contributed by atoms with van der Waals surface area (Å²) in [4.78, 5) is 31.2. The van der Waals surface area contributed by atoms with Crippen LogP contribution in [-0.2, 0) is 4.79 Å². The first-order valence-corrected chi connectivity index (χ1v) is 10.2. The first-order valence-electron chi connectivity index (χ1n) is 10.2. The van der Waals surface area contributed by atoms with Gasteiger partial charge in [-0.15, -0.1) is 0 Å². The van der Waals surface area contributed by atoms with Crippen LogP contribution in [0.2, 0.25) is 0 Å². The van der Waals surface area contributed by atoms with Gasteiger partial charge in [0.05, 0.1) is 11.7 Å². The van der Waals surface area contributed by atoms with E-state index in [9.17, 15) is 9.59 Å². The quantitative estimate of drug-likeness (QED) is 0.710. The van der Waals surface area contributed by atoms with Crippen molar-refractivity contribution in [1.82, 2.24) is 25.0 Å². The summed E-state index contributed by atoms with van der Waals surface area (Å²) >= 11 is 0. The summed E-state index contributed by atoms with van der Waals surface area (Å²) in [5.41, 5.74) is 2.60. The molecule has 1 N–H and O–H groups in total. The largest absolute Gasteiger partial charge is 0.349 e. The summed E-state index contributed by atoms with van der Waals surface area (Å²) in [5, 5.41) is 7.46. The van der Waals surface area contributed by atoms with Crippen LogP contribution in [0.1, 0.15) is 41.7 Å². The predicted octanol–water partition coefficient (Wildman–Crippen LogP) is 3.00. The molecule has 1 fully saturated rings. The third-order valence-corrected chi connectivity index (χ3v) is 5.59. The summed E-state index contributed by atoms with van der Waals surface area (Å²) < 4.78 is 1.81. The zero-order valence-electron chi connectivity index (χ0n) is 16.9. The van der Waals surface area contributed by atoms with Crippen molar-refractivity contribution in [3.8, 4) is 5.69 Å². The standard InChI is InChI=1S/C23H25N5O2/c1-17(20-5-2-3-6-21(20)28-14-4-11-25-28)26-22(29)18-9-15-27(16-10-18)23(30)19-7-12-24-13-8-19/h2-8,11-14,17-18H,9-10,15-16H2,1H3,(H,26,29). The highest BCUT2D eigenvalue weighted by Gasteiger charge is 2.28. The van der Waals surface area contributed by atoms with Crippen LogP contribution in [0.25, 0.3) is 5.69 Å². The number of benzene rings is 1. The molecule has 1 aromatic carbocycles. The van der Waals surface area contributed by atoms with Gasteiger partial charge >= 0.3 is 0 Å². The molecule has 2 amide bonds. The Labute approximate surface area is 175 Å². The van der Waals surface area contributed by atoms with E-state index >= 15 is 0 Å². The minimum atomic E-state index is -0.144. The van der Waals surface area contributed by atoms with Crippen LogP contribution in [-0.4, -0.2) is 44.6 Å². The van der Waals surface area contributed by atoms with Crippen LogP contribution >= 0.6 is 0 Å². The van der Waals surface area contributed by atoms with Crippen LogP contribution < -0.4 is 5.32 Å². The van der Waals surface area contributed by atoms with Crippen LogP contribution in [0.4, 0.5) is 0 Å². The Kier molecular flexibility index (Phi) is 5.88. The zero-order chi connectivity index (χ0) is 20.9. The Balaban J connectivity index is 1.36. The molecule has 1 aliphatic heterocycles. The van der Waals surface area contributed by atoms with Crippen molar-refractivity contribution in [2.45, 2.75) is 25.8 Å². The van der Waals surface area contributed by atoms with E-state index in [4.69, 9.17) is 0 Å². The van der Waals surface area contributed by atoms with Crippen molar-refractivity contribution >= 4 is 11.8 Å². The second kappa shape index (κ2) is 8.90. The number of nitrogens with one attached hydrogen (secondary N) is 1. The fraction of sp³-hybridized carbons (Fsp3) is 0.304. The van der Waals surface area contributed by atoms with E-state index in [2.05, 4.69) is 15.4 Å². The Hall–Kier alpha value is -3.48. The van der Waals surface area contributed by atoms with Gasteiger partial charge in [-0.05, 0) is 49.6 Å². The fourth-order valence-corrected chi connectivity index (χ4v) is 3.90. The van der Waals surface area contributed by atoms with Gasteiger partial charge in [0.2, 0.25) is 5.91 Å². The molecule has 30 heavy (non-hydrogen) atoms. The number of piperidine rings is 1. The molecule has 0 bridgehead atoms. The van der Waals surface area contributed by atoms with Crippen molar-refractivity contribution in [3.05, 3.63) is 78.4 Å². The molecular weight excluding hydrogens is 378 g/mol. The van der Waals surface area contributed by atoms with E-state index in [1.54, 1.807) is 35.4 Å². The number of carbonyl (C=O) groups is 2. The molecule has 0 spiro atoms. The van der Waals surface area contributed by atoms with Crippen molar-refractivity contribution in [1.29, 1.82) is 0 Å². The van der Waals surface area contributed by atoms with Crippen LogP contribution in [0.3, 0.4) is 0 Å². The third-order valence-electron chi connectivity index (χ3n) is 5.59. The summed E-state index contributed by atoms with van der Waals surface area (Å²) in [7, 11) is 0. The molecular formula is C23H25N5O2. The summed E-state index contributed by atoms with van der Waals surface area (Å²) in [6, 6.07) is 13.1. The maximum absolute atomic E-state index is 12.9. The zero-order valence-corrected chi connectivity index (χ0v) is 16.9. The molecule has 1 saturated heterocycles. The number of aromatic nitrogens is 3. The lowest BCUT2D eigenvalue weighted by atomic mass is 9.94. The van der Waals surface area contributed by atoms with E-state index in [0.717, 1.165) is 11.3 Å². The maximum atomic E-state index is 12.9. The first-order chi connectivity index (χ1) is 14.6. The van der Waals surface area contributed by atoms with Crippen molar-refractivity contribution in [2.75, 3.05) is 13.1 Å². The van der Waals surface area contributed by atoms with E-state index in [1.165, 1.54) is 0 Å². The monoisotopic (exact) mass is 403 g/mol. The van der Waals surface area contributed by atoms with Gasteiger partial charge in [0.15, 0.2) is 0 Å². The summed E-state index contributed by atoms with van der Waals surface area (Å²) in [6.45, 7) is 3.15. The van der Waals surface area contributed by atoms with Gasteiger partial charge in [-0.3, -0.25) is 14.6 Å². The van der Waals surface area contributed by atoms with E-state index in [1.807, 2.05) is 48.4 Å². The molecule has 0 aliphatic carbocycles. The van der Waals surface area contributed by atoms with Crippen LogP contribution in [0.15, 0.2) is 67.3 Å². The van der Waals surface area contributed by atoms with E-state index in [0.29, 0.717) is 31.5 Å². The lowest BCUT2D eigenvalue weighted by Crippen LogP contribution is -2.43. The molecule has 4 rings (SSSR count). The Morgan fingerprint density at radius 2 is 1.77 bits per heavy atom. The predicted molar refractivity (Wildman–Crippen MR) is 113 cm³/mol. The van der Waals surface area contributed by atoms with Crippen LogP contribution in [0.5, 0.6) is 0 Å². The average molecular weight is 403 g/mol. The molecule has 154 valence electrons. The summed E-state index contributed by atoms with van der Waals surface area (Å²) in [6.07, 6.45) is 8.20. The number of pyridine rings is 1. The third kappa shape index (κ3) is 4.25. The molecule has 0 radical (unpaired) electrons. The number of hydrogen-bond acceptors (Lipinski definition) is 4. The number of rotatable bonds is 5. The number of carbonyl (C=O) groups excluding carboxylic acids is 2. The van der Waals surface area contributed by atoms with Gasteiger partial charge in [0, 0.05) is 49.4 Å². The molecule has 1 atom stereocenters. The van der Waals surface area contributed by atoms with Gasteiger partial charge in [-0.25, -0.2) is 4.68 Å². The van der Waals surface area contributed by atoms with Gasteiger partial charge in [0.25, 0.3) is 5.91 Å². The number of likely N-dealkylation sites (tertiary alicyclic amines) is 1. The van der Waals surface area contributed by atoms with E-state index in [-0.39, 0.29) is 23.8 Å². The van der Waals surface area contributed by atoms with Crippen LogP contribution in [0, 0.1) is 5.92 Å². The first kappa shape index (κ1) is 19.8. The molecule has 0 saturated carbocycles. The van der Waals surface area contributed by atoms with Crippen molar-refractivity contribution in [3.63, 3.8) is 0 Å². The lowest BCUT2D eigenvalue weighted by molar-refractivity contribution is -0.126. The molecule has 7 heteroatoms. The molecule has 1 unspecified atom stereocenters. The molecule has 2 aromatic heterocycles. The molecule has 7 nitrogen and oxygen atoms in total. The molecule has 1 aliphatic rings. The Bertz CT molecular complexity index is 995.